The first kappa shape index (κ1) is 22.3. The van der Waals surface area contributed by atoms with E-state index in [0.29, 0.717) is 16.0 Å². The molecule has 7 nitrogen and oxygen atoms in total. The molecule has 2 aliphatic carbocycles. The van der Waals surface area contributed by atoms with Crippen molar-refractivity contribution in [2.75, 3.05) is 5.08 Å². The van der Waals surface area contributed by atoms with Gasteiger partial charge in [-0.25, -0.2) is 4.98 Å². The van der Waals surface area contributed by atoms with Gasteiger partial charge in [0.25, 0.3) is 0 Å². The molecule has 2 aliphatic rings. The number of nitriles is 1. The standard InChI is InChI=1S/C18H17F3N4O3S3/c19-18(20,21)31(26,27)28-16-8-14(15-6-7-23-25(15)11-4-5-11)24-17(13(16)9-22)30-10-29-12-2-1-3-12/h6-8,11-12H,1-5,10H2. The monoisotopic (exact) mass is 490 g/mol. The minimum atomic E-state index is -5.94. The summed E-state index contributed by atoms with van der Waals surface area (Å²) in [6, 6.07) is 4.62. The molecule has 0 bridgehead atoms. The number of nitrogens with zero attached hydrogens (tertiary/aromatic N) is 4. The smallest absolute Gasteiger partial charge is 0.374 e. The molecule has 0 radical (unpaired) electrons. The van der Waals surface area contributed by atoms with Gasteiger partial charge >= 0.3 is 15.6 Å². The van der Waals surface area contributed by atoms with E-state index in [9.17, 15) is 26.9 Å². The second kappa shape index (κ2) is 8.55. The summed E-state index contributed by atoms with van der Waals surface area (Å²) in [4.78, 5) is 4.46. The van der Waals surface area contributed by atoms with E-state index in [1.165, 1.54) is 11.8 Å². The maximum absolute atomic E-state index is 12.9. The average Bonchev–Trinajstić information content (AvgIpc) is 3.38. The summed E-state index contributed by atoms with van der Waals surface area (Å²) in [5.41, 5.74) is -5.23. The lowest BCUT2D eigenvalue weighted by Gasteiger charge is -2.24. The van der Waals surface area contributed by atoms with Gasteiger partial charge in [0.1, 0.15) is 16.7 Å². The molecule has 0 aliphatic heterocycles. The highest BCUT2D eigenvalue weighted by molar-refractivity contribution is 8.16. The molecule has 2 fully saturated rings. The van der Waals surface area contributed by atoms with Crippen LogP contribution in [0.5, 0.6) is 5.75 Å². The average molecular weight is 491 g/mol. The third kappa shape index (κ3) is 4.80. The van der Waals surface area contributed by atoms with E-state index in [4.69, 9.17) is 0 Å². The number of halogens is 3. The molecule has 0 N–H and O–H groups in total. The third-order valence-corrected chi connectivity index (χ3v) is 8.42. The van der Waals surface area contributed by atoms with Crippen LogP contribution in [0.15, 0.2) is 23.4 Å². The molecule has 2 heterocycles. The highest BCUT2D eigenvalue weighted by Crippen LogP contribution is 2.41. The van der Waals surface area contributed by atoms with Crippen LogP contribution in [0.25, 0.3) is 11.4 Å². The lowest BCUT2D eigenvalue weighted by atomic mass is 10.0. The number of hydrogen-bond acceptors (Lipinski definition) is 8. The van der Waals surface area contributed by atoms with Gasteiger partial charge in [-0.05, 0) is 31.7 Å². The van der Waals surface area contributed by atoms with Crippen LogP contribution in [0.3, 0.4) is 0 Å². The van der Waals surface area contributed by atoms with E-state index in [2.05, 4.69) is 14.3 Å². The van der Waals surface area contributed by atoms with Crippen LogP contribution >= 0.6 is 23.5 Å². The van der Waals surface area contributed by atoms with E-state index in [1.54, 1.807) is 34.8 Å². The number of thioether (sulfide) groups is 2. The molecule has 2 aromatic rings. The molecule has 13 heteroatoms. The van der Waals surface area contributed by atoms with E-state index >= 15 is 0 Å². The summed E-state index contributed by atoms with van der Waals surface area (Å²) in [7, 11) is -5.94. The van der Waals surface area contributed by atoms with Gasteiger partial charge in [0, 0.05) is 22.6 Å². The highest BCUT2D eigenvalue weighted by Gasteiger charge is 2.49. The summed E-state index contributed by atoms with van der Waals surface area (Å²) in [6.07, 6.45) is 6.73. The van der Waals surface area contributed by atoms with E-state index in [1.807, 2.05) is 0 Å². The Morgan fingerprint density at radius 1 is 1.29 bits per heavy atom. The fourth-order valence-corrected chi connectivity index (χ4v) is 5.99. The Bertz CT molecular complexity index is 1120. The Labute approximate surface area is 185 Å². The van der Waals surface area contributed by atoms with Crippen molar-refractivity contribution < 1.29 is 25.8 Å². The van der Waals surface area contributed by atoms with Crippen molar-refractivity contribution in [2.45, 2.75) is 53.9 Å². The van der Waals surface area contributed by atoms with Gasteiger partial charge < -0.3 is 4.18 Å². The Balaban J connectivity index is 1.73. The van der Waals surface area contributed by atoms with Crippen LogP contribution in [0.1, 0.15) is 43.7 Å². The van der Waals surface area contributed by atoms with Gasteiger partial charge in [0.15, 0.2) is 5.75 Å². The van der Waals surface area contributed by atoms with Crippen LogP contribution in [0.2, 0.25) is 0 Å². The molecule has 166 valence electrons. The predicted octanol–water partition coefficient (Wildman–Crippen LogP) is 4.72. The molecule has 0 saturated heterocycles. The van der Waals surface area contributed by atoms with Gasteiger partial charge in [0.2, 0.25) is 0 Å². The summed E-state index contributed by atoms with van der Waals surface area (Å²) >= 11 is 2.86. The number of aromatic nitrogens is 3. The molecule has 0 amide bonds. The number of alkyl halides is 3. The van der Waals surface area contributed by atoms with Crippen LogP contribution in [-0.4, -0.2) is 39.0 Å². The third-order valence-electron chi connectivity index (χ3n) is 4.92. The van der Waals surface area contributed by atoms with Crippen molar-refractivity contribution in [1.29, 1.82) is 5.26 Å². The lowest BCUT2D eigenvalue weighted by Crippen LogP contribution is -2.28. The van der Waals surface area contributed by atoms with Gasteiger partial charge in [-0.3, -0.25) is 4.68 Å². The zero-order valence-corrected chi connectivity index (χ0v) is 18.5. The second-order valence-electron chi connectivity index (χ2n) is 7.15. The quantitative estimate of drug-likeness (QED) is 0.227. The molecule has 31 heavy (non-hydrogen) atoms. The molecule has 0 aromatic carbocycles. The van der Waals surface area contributed by atoms with Crippen LogP contribution < -0.4 is 4.18 Å². The largest absolute Gasteiger partial charge is 0.534 e. The number of hydrogen-bond donors (Lipinski definition) is 0. The SMILES string of the molecule is N#Cc1c(OS(=O)(=O)C(F)(F)F)cc(-c2ccnn2C2CC2)nc1SCSC1CCC1. The molecule has 4 rings (SSSR count). The molecule has 0 spiro atoms. The van der Waals surface area contributed by atoms with Crippen molar-refractivity contribution in [2.24, 2.45) is 0 Å². The summed E-state index contributed by atoms with van der Waals surface area (Å²) in [6.45, 7) is 0. The molecule has 2 aromatic heterocycles. The predicted molar refractivity (Wildman–Crippen MR) is 110 cm³/mol. The highest BCUT2D eigenvalue weighted by atomic mass is 32.2. The van der Waals surface area contributed by atoms with Crippen molar-refractivity contribution in [1.82, 2.24) is 14.8 Å². The first-order valence-electron chi connectivity index (χ1n) is 9.44. The minimum absolute atomic E-state index is 0.128. The molecule has 0 atom stereocenters. The molecule has 0 unspecified atom stereocenters. The van der Waals surface area contributed by atoms with Crippen LogP contribution in [0.4, 0.5) is 13.2 Å². The second-order valence-corrected chi connectivity index (χ2v) is 11.3. The normalized spacial score (nSPS) is 17.2. The van der Waals surface area contributed by atoms with E-state index in [0.717, 1.165) is 38.2 Å². The number of rotatable bonds is 8. The summed E-state index contributed by atoms with van der Waals surface area (Å²) in [5, 5.41) is 15.0. The minimum Gasteiger partial charge on any atom is -0.374 e. The zero-order valence-electron chi connectivity index (χ0n) is 16.0. The molecular weight excluding hydrogens is 473 g/mol. The topological polar surface area (TPSA) is 97.9 Å². The van der Waals surface area contributed by atoms with Gasteiger partial charge in [-0.2, -0.15) is 31.9 Å². The van der Waals surface area contributed by atoms with Crippen LogP contribution in [0, 0.1) is 11.3 Å². The summed E-state index contributed by atoms with van der Waals surface area (Å²) < 4.78 is 68.1. The maximum atomic E-state index is 12.9. The fourth-order valence-electron chi connectivity index (χ4n) is 2.92. The Morgan fingerprint density at radius 2 is 2.03 bits per heavy atom. The summed E-state index contributed by atoms with van der Waals surface area (Å²) in [5.74, 6) is -0.690. The maximum Gasteiger partial charge on any atom is 0.534 e. The zero-order chi connectivity index (χ0) is 22.2. The van der Waals surface area contributed by atoms with Gasteiger partial charge in [0.05, 0.1) is 17.4 Å². The van der Waals surface area contributed by atoms with Crippen molar-refractivity contribution in [3.8, 4) is 23.2 Å². The van der Waals surface area contributed by atoms with Crippen LogP contribution in [-0.2, 0) is 10.1 Å². The van der Waals surface area contributed by atoms with Crippen molar-refractivity contribution in [3.05, 3.63) is 23.9 Å². The molecule has 2 saturated carbocycles. The first-order chi connectivity index (χ1) is 14.7. The van der Waals surface area contributed by atoms with E-state index in [-0.39, 0.29) is 22.3 Å². The first-order valence-corrected chi connectivity index (χ1v) is 12.9. The van der Waals surface area contributed by atoms with Crippen molar-refractivity contribution in [3.63, 3.8) is 0 Å². The Hall–Kier alpha value is -1.91. The Morgan fingerprint density at radius 3 is 2.61 bits per heavy atom. The lowest BCUT2D eigenvalue weighted by molar-refractivity contribution is -0.0500. The van der Waals surface area contributed by atoms with Crippen molar-refractivity contribution >= 4 is 33.6 Å². The van der Waals surface area contributed by atoms with Gasteiger partial charge in [-0.1, -0.05) is 18.2 Å². The van der Waals surface area contributed by atoms with E-state index < -0.39 is 21.4 Å². The molecular formula is C18H17F3N4O3S3. The number of pyridine rings is 1. The Kier molecular flexibility index (Phi) is 6.15. The fraction of sp³-hybridized carbons (Fsp3) is 0.500. The van der Waals surface area contributed by atoms with Gasteiger partial charge in [-0.15, -0.1) is 11.8 Å².